The Hall–Kier alpha value is -1.86. The molecule has 4 fully saturated rings. The van der Waals surface area contributed by atoms with Crippen molar-refractivity contribution in [2.24, 2.45) is 34.5 Å². The molecule has 0 heterocycles. The minimum atomic E-state index is -2.01. The van der Waals surface area contributed by atoms with Gasteiger partial charge in [-0.2, -0.15) is 0 Å². The van der Waals surface area contributed by atoms with E-state index in [2.05, 4.69) is 0 Å². The van der Waals surface area contributed by atoms with E-state index in [0.717, 1.165) is 32.1 Å². The van der Waals surface area contributed by atoms with Crippen LogP contribution in [0.15, 0.2) is 23.8 Å². The summed E-state index contributed by atoms with van der Waals surface area (Å²) in [6.07, 6.45) is 8.93. The second-order valence-corrected chi connectivity index (χ2v) is 12.5. The molecule has 36 heavy (non-hydrogen) atoms. The zero-order valence-electron chi connectivity index (χ0n) is 21.6. The lowest BCUT2D eigenvalue weighted by Crippen LogP contribution is -2.69. The van der Waals surface area contributed by atoms with Crippen molar-refractivity contribution in [3.05, 3.63) is 23.8 Å². The number of Topliss-reactive ketones (excluding diaryl/α,β-unsaturated/α-hetero) is 1. The van der Waals surface area contributed by atoms with E-state index in [4.69, 9.17) is 4.74 Å². The second-order valence-electron chi connectivity index (χ2n) is 12.5. The topological polar surface area (TPSA) is 101 Å². The van der Waals surface area contributed by atoms with Crippen LogP contribution in [0.2, 0.25) is 0 Å². The molecule has 5 rings (SSSR count). The van der Waals surface area contributed by atoms with Crippen molar-refractivity contribution in [3.63, 3.8) is 0 Å². The molecule has 0 spiro atoms. The number of aliphatic hydroxyl groups excluding tert-OH is 1. The van der Waals surface area contributed by atoms with Crippen molar-refractivity contribution in [2.75, 3.05) is 6.61 Å². The van der Waals surface area contributed by atoms with Crippen molar-refractivity contribution in [1.82, 2.24) is 0 Å². The van der Waals surface area contributed by atoms with Gasteiger partial charge in [0, 0.05) is 16.7 Å². The average molecular weight is 503 g/mol. The molecule has 5 aliphatic rings. The van der Waals surface area contributed by atoms with E-state index >= 15 is 4.39 Å². The minimum Gasteiger partial charge on any atom is -0.457 e. The molecule has 0 bridgehead atoms. The largest absolute Gasteiger partial charge is 0.457 e. The average Bonchev–Trinajstić information content (AvgIpc) is 3.05. The monoisotopic (exact) mass is 502 g/mol. The quantitative estimate of drug-likeness (QED) is 0.563. The highest BCUT2D eigenvalue weighted by Gasteiger charge is 2.75. The fraction of sp³-hybridized carbons (Fsp3) is 0.759. The second kappa shape index (κ2) is 8.59. The molecule has 8 unspecified atom stereocenters. The summed E-state index contributed by atoms with van der Waals surface area (Å²) in [6.45, 7) is 4.83. The summed E-state index contributed by atoms with van der Waals surface area (Å²) >= 11 is 0. The molecule has 198 valence electrons. The van der Waals surface area contributed by atoms with Crippen LogP contribution >= 0.6 is 0 Å². The highest BCUT2D eigenvalue weighted by Crippen LogP contribution is 2.70. The molecule has 0 amide bonds. The fourth-order valence-electron chi connectivity index (χ4n) is 8.84. The van der Waals surface area contributed by atoms with Crippen LogP contribution in [-0.4, -0.2) is 51.7 Å². The van der Waals surface area contributed by atoms with Gasteiger partial charge in [0.15, 0.2) is 18.1 Å². The van der Waals surface area contributed by atoms with Crippen LogP contribution in [0.5, 0.6) is 0 Å². The van der Waals surface area contributed by atoms with Gasteiger partial charge in [-0.25, -0.2) is 4.39 Å². The Bertz CT molecular complexity index is 1030. The molecular weight excluding hydrogens is 463 g/mol. The lowest BCUT2D eigenvalue weighted by molar-refractivity contribution is -0.220. The maximum absolute atomic E-state index is 17.2. The molecule has 5 aliphatic carbocycles. The number of carbonyl (C=O) groups excluding carboxylic acids is 3. The van der Waals surface area contributed by atoms with Gasteiger partial charge in [0.25, 0.3) is 0 Å². The Labute approximate surface area is 212 Å². The van der Waals surface area contributed by atoms with Crippen LogP contribution in [0, 0.1) is 34.5 Å². The van der Waals surface area contributed by atoms with Gasteiger partial charge in [0.1, 0.15) is 5.60 Å². The van der Waals surface area contributed by atoms with E-state index in [0.29, 0.717) is 24.8 Å². The number of fused-ring (bicyclic) bond motifs is 5. The standard InChI is InChI=1S/C29H39FO6/c1-17-13-22-21-10-9-19-14-20(31)11-12-26(19,2)28(21,30)23(32)15-27(22,3)29(17,35)24(33)16-36-25(34)18-7-5-4-6-8-18/h11-12,14,17-18,21-23,32,35H,4-10,13,15-16H2,1-3H3. The summed E-state index contributed by atoms with van der Waals surface area (Å²) in [5, 5.41) is 23.4. The number of halogens is 1. The van der Waals surface area contributed by atoms with Crippen molar-refractivity contribution >= 4 is 17.5 Å². The molecule has 0 saturated heterocycles. The number of allylic oxidation sites excluding steroid dienone is 4. The predicted octanol–water partition coefficient (Wildman–Crippen LogP) is 4.03. The third kappa shape index (κ3) is 3.30. The number of ketones is 2. The van der Waals surface area contributed by atoms with E-state index in [1.165, 1.54) is 12.2 Å². The Kier molecular flexibility index (Phi) is 6.15. The smallest absolute Gasteiger partial charge is 0.309 e. The van der Waals surface area contributed by atoms with Crippen LogP contribution < -0.4 is 0 Å². The summed E-state index contributed by atoms with van der Waals surface area (Å²) in [5.41, 5.74) is -5.33. The maximum atomic E-state index is 17.2. The highest BCUT2D eigenvalue weighted by molar-refractivity contribution is 6.01. The van der Waals surface area contributed by atoms with Gasteiger partial charge in [-0.15, -0.1) is 0 Å². The summed E-state index contributed by atoms with van der Waals surface area (Å²) in [5.74, 6) is -2.71. The minimum absolute atomic E-state index is 0.0848. The lowest BCUT2D eigenvalue weighted by Gasteiger charge is -2.62. The lowest BCUT2D eigenvalue weighted by atomic mass is 9.44. The van der Waals surface area contributed by atoms with Crippen LogP contribution in [0.3, 0.4) is 0 Å². The molecule has 8 atom stereocenters. The van der Waals surface area contributed by atoms with Crippen molar-refractivity contribution in [1.29, 1.82) is 0 Å². The van der Waals surface area contributed by atoms with Crippen LogP contribution in [0.1, 0.15) is 78.6 Å². The third-order valence-electron chi connectivity index (χ3n) is 10.9. The number of carbonyl (C=O) groups is 3. The SMILES string of the molecule is CC1CC2C3CCC4=CC(=O)C=CC4(C)C3(F)C(O)CC2(C)C1(O)C(=O)COC(=O)C1CCCCC1. The summed E-state index contributed by atoms with van der Waals surface area (Å²) in [4.78, 5) is 38.1. The van der Waals surface area contributed by atoms with Crippen molar-refractivity contribution in [3.8, 4) is 0 Å². The molecule has 0 radical (unpaired) electrons. The molecule has 4 saturated carbocycles. The first kappa shape index (κ1) is 25.8. The zero-order valence-corrected chi connectivity index (χ0v) is 21.6. The molecule has 6 nitrogen and oxygen atoms in total. The molecule has 7 heteroatoms. The number of esters is 1. The van der Waals surface area contributed by atoms with Gasteiger partial charge >= 0.3 is 5.97 Å². The van der Waals surface area contributed by atoms with Gasteiger partial charge in [0.05, 0.1) is 12.0 Å². The first-order valence-electron chi connectivity index (χ1n) is 13.6. The van der Waals surface area contributed by atoms with Crippen LogP contribution in [0.4, 0.5) is 4.39 Å². The predicted molar refractivity (Wildman–Crippen MR) is 130 cm³/mol. The first-order chi connectivity index (χ1) is 16.9. The highest BCUT2D eigenvalue weighted by atomic mass is 19.1. The Morgan fingerprint density at radius 1 is 1.14 bits per heavy atom. The summed E-state index contributed by atoms with van der Waals surface area (Å²) in [6, 6.07) is 0. The molecule has 0 aliphatic heterocycles. The zero-order chi connectivity index (χ0) is 26.1. The van der Waals surface area contributed by atoms with Gasteiger partial charge in [-0.3, -0.25) is 14.4 Å². The van der Waals surface area contributed by atoms with Crippen LogP contribution in [-0.2, 0) is 19.1 Å². The number of hydrogen-bond acceptors (Lipinski definition) is 6. The molecule has 0 aromatic heterocycles. The number of hydrogen-bond donors (Lipinski definition) is 2. The van der Waals surface area contributed by atoms with Crippen molar-refractivity contribution < 1.29 is 33.7 Å². The summed E-state index contributed by atoms with van der Waals surface area (Å²) in [7, 11) is 0. The van der Waals surface area contributed by atoms with Crippen LogP contribution in [0.25, 0.3) is 0 Å². The van der Waals surface area contributed by atoms with E-state index < -0.39 is 52.4 Å². The Balaban J connectivity index is 1.41. The molecule has 0 aromatic carbocycles. The normalized spacial score (nSPS) is 46.4. The van der Waals surface area contributed by atoms with Crippen molar-refractivity contribution in [2.45, 2.75) is 95.9 Å². The maximum Gasteiger partial charge on any atom is 0.309 e. The van der Waals surface area contributed by atoms with Gasteiger partial charge in [-0.1, -0.05) is 44.8 Å². The summed E-state index contributed by atoms with van der Waals surface area (Å²) < 4.78 is 22.6. The number of alkyl halides is 1. The molecule has 0 aromatic rings. The molecule has 2 N–H and O–H groups in total. The van der Waals surface area contributed by atoms with Gasteiger partial charge in [-0.05, 0) is 69.4 Å². The first-order valence-corrected chi connectivity index (χ1v) is 13.6. The van der Waals surface area contributed by atoms with E-state index in [-0.39, 0.29) is 30.0 Å². The van der Waals surface area contributed by atoms with Gasteiger partial charge < -0.3 is 14.9 Å². The van der Waals surface area contributed by atoms with E-state index in [1.807, 2.05) is 0 Å². The number of aliphatic hydroxyl groups is 2. The van der Waals surface area contributed by atoms with E-state index in [9.17, 15) is 24.6 Å². The fourth-order valence-corrected chi connectivity index (χ4v) is 8.84. The third-order valence-corrected chi connectivity index (χ3v) is 10.9. The van der Waals surface area contributed by atoms with Gasteiger partial charge in [0.2, 0.25) is 5.78 Å². The van der Waals surface area contributed by atoms with E-state index in [1.54, 1.807) is 26.8 Å². The Morgan fingerprint density at radius 2 is 1.83 bits per heavy atom. The Morgan fingerprint density at radius 3 is 2.53 bits per heavy atom. The number of ether oxygens (including phenoxy) is 1. The number of rotatable bonds is 4. The molecular formula is C29H39FO6.